The van der Waals surface area contributed by atoms with Crippen molar-refractivity contribution in [2.24, 2.45) is 0 Å². The average Bonchev–Trinajstić information content (AvgIpc) is 2.49. The van der Waals surface area contributed by atoms with E-state index in [-0.39, 0.29) is 0 Å². The average molecular weight is 352 g/mol. The number of hydrogen-bond acceptors (Lipinski definition) is 1. The van der Waals surface area contributed by atoms with Gasteiger partial charge in [0.25, 0.3) is 0 Å². The molecule has 1 aliphatic carbocycles. The van der Waals surface area contributed by atoms with Gasteiger partial charge in [0.05, 0.1) is 5.02 Å². The van der Waals surface area contributed by atoms with E-state index in [1.165, 1.54) is 24.0 Å². The van der Waals surface area contributed by atoms with Gasteiger partial charge in [-0.05, 0) is 64.4 Å². The largest absolute Gasteiger partial charge is 0.384 e. The normalized spacial score (nSPS) is 15.8. The summed E-state index contributed by atoms with van der Waals surface area (Å²) in [5.41, 5.74) is 4.47. The van der Waals surface area contributed by atoms with E-state index in [9.17, 15) is 5.11 Å². The highest BCUT2D eigenvalue weighted by Gasteiger charge is 2.17. The van der Waals surface area contributed by atoms with Gasteiger partial charge in [-0.2, -0.15) is 0 Å². The van der Waals surface area contributed by atoms with Gasteiger partial charge in [0.2, 0.25) is 0 Å². The van der Waals surface area contributed by atoms with Crippen molar-refractivity contribution >= 4 is 27.5 Å². The third kappa shape index (κ3) is 2.65. The first-order valence-electron chi connectivity index (χ1n) is 6.90. The van der Waals surface area contributed by atoms with Gasteiger partial charge in [-0.25, -0.2) is 0 Å². The summed E-state index contributed by atoms with van der Waals surface area (Å²) in [6.07, 6.45) is 4.11. The molecule has 0 heterocycles. The van der Waals surface area contributed by atoms with Gasteiger partial charge in [0.15, 0.2) is 0 Å². The predicted molar refractivity (Wildman–Crippen MR) is 86.3 cm³/mol. The third-order valence-electron chi connectivity index (χ3n) is 3.96. The molecule has 0 saturated carbocycles. The molecule has 0 bridgehead atoms. The minimum absolute atomic E-state index is 0.581. The Balaban J connectivity index is 1.98. The molecule has 2 aromatic carbocycles. The first kappa shape index (κ1) is 14.1. The Morgan fingerprint density at radius 1 is 1.05 bits per heavy atom. The lowest BCUT2D eigenvalue weighted by Gasteiger charge is -2.19. The number of benzene rings is 2. The summed E-state index contributed by atoms with van der Waals surface area (Å²) in [7, 11) is 0. The van der Waals surface area contributed by atoms with Crippen LogP contribution in [0, 0.1) is 0 Å². The van der Waals surface area contributed by atoms with Crippen LogP contribution in [0.5, 0.6) is 0 Å². The standard InChI is InChI=1S/C17H16BrClO/c18-15-7-3-6-14(16(15)19)17(20)13-9-8-11-4-1-2-5-12(11)10-13/h3,6-10,17,20H,1-2,4-5H2. The molecule has 0 radical (unpaired) electrons. The fraction of sp³-hybridized carbons (Fsp3) is 0.294. The highest BCUT2D eigenvalue weighted by molar-refractivity contribution is 9.10. The second-order valence-electron chi connectivity index (χ2n) is 5.28. The van der Waals surface area contributed by atoms with Crippen molar-refractivity contribution in [3.05, 3.63) is 68.1 Å². The zero-order valence-electron chi connectivity index (χ0n) is 11.1. The molecule has 3 rings (SSSR count). The molecule has 1 unspecified atom stereocenters. The van der Waals surface area contributed by atoms with Crippen molar-refractivity contribution in [1.29, 1.82) is 0 Å². The first-order valence-corrected chi connectivity index (χ1v) is 8.07. The first-order chi connectivity index (χ1) is 9.66. The number of fused-ring (bicyclic) bond motifs is 1. The van der Waals surface area contributed by atoms with Crippen molar-refractivity contribution in [1.82, 2.24) is 0 Å². The van der Waals surface area contributed by atoms with Gasteiger partial charge in [0, 0.05) is 10.0 Å². The van der Waals surface area contributed by atoms with Crippen LogP contribution < -0.4 is 0 Å². The number of rotatable bonds is 2. The van der Waals surface area contributed by atoms with E-state index < -0.39 is 6.10 Å². The van der Waals surface area contributed by atoms with E-state index in [0.717, 1.165) is 28.4 Å². The van der Waals surface area contributed by atoms with E-state index in [0.29, 0.717) is 5.02 Å². The van der Waals surface area contributed by atoms with Gasteiger partial charge in [-0.15, -0.1) is 0 Å². The SMILES string of the molecule is OC(c1ccc2c(c1)CCCC2)c1cccc(Br)c1Cl. The molecular weight excluding hydrogens is 336 g/mol. The molecule has 0 fully saturated rings. The monoisotopic (exact) mass is 350 g/mol. The molecule has 104 valence electrons. The number of halogens is 2. The van der Waals surface area contributed by atoms with Crippen LogP contribution in [-0.4, -0.2) is 5.11 Å². The summed E-state index contributed by atoms with van der Waals surface area (Å²) in [5, 5.41) is 11.2. The molecule has 1 nitrogen and oxygen atoms in total. The minimum Gasteiger partial charge on any atom is -0.384 e. The van der Waals surface area contributed by atoms with Crippen LogP contribution in [0.3, 0.4) is 0 Å². The van der Waals surface area contributed by atoms with Gasteiger partial charge in [-0.1, -0.05) is 41.9 Å². The summed E-state index contributed by atoms with van der Waals surface area (Å²) < 4.78 is 0.814. The smallest absolute Gasteiger partial charge is 0.106 e. The summed E-state index contributed by atoms with van der Waals surface area (Å²) in [6, 6.07) is 12.0. The van der Waals surface area contributed by atoms with E-state index in [1.807, 2.05) is 24.3 Å². The van der Waals surface area contributed by atoms with Crippen LogP contribution >= 0.6 is 27.5 Å². The molecule has 20 heavy (non-hydrogen) atoms. The van der Waals surface area contributed by atoms with E-state index in [2.05, 4.69) is 28.1 Å². The summed E-state index contributed by atoms with van der Waals surface area (Å²) in [5.74, 6) is 0. The molecule has 1 atom stereocenters. The van der Waals surface area contributed by atoms with Crippen molar-refractivity contribution in [3.8, 4) is 0 Å². The lowest BCUT2D eigenvalue weighted by Crippen LogP contribution is -2.06. The van der Waals surface area contributed by atoms with Crippen molar-refractivity contribution in [2.45, 2.75) is 31.8 Å². The Labute approximate surface area is 132 Å². The van der Waals surface area contributed by atoms with E-state index in [4.69, 9.17) is 11.6 Å². The molecule has 0 spiro atoms. The minimum atomic E-state index is -0.674. The molecule has 2 aromatic rings. The maximum absolute atomic E-state index is 10.6. The summed E-state index contributed by atoms with van der Waals surface area (Å²) in [6.45, 7) is 0. The molecule has 1 aliphatic rings. The van der Waals surface area contributed by atoms with Gasteiger partial charge in [0.1, 0.15) is 6.10 Å². The lowest BCUT2D eigenvalue weighted by atomic mass is 9.88. The fourth-order valence-corrected chi connectivity index (χ4v) is 3.45. The van der Waals surface area contributed by atoms with Crippen LogP contribution in [0.1, 0.15) is 41.2 Å². The maximum Gasteiger partial charge on any atom is 0.106 e. The van der Waals surface area contributed by atoms with Crippen LogP contribution in [0.25, 0.3) is 0 Å². The Morgan fingerprint density at radius 3 is 2.60 bits per heavy atom. The molecular formula is C17H16BrClO. The number of aliphatic hydroxyl groups excluding tert-OH is 1. The van der Waals surface area contributed by atoms with Gasteiger partial charge in [-0.3, -0.25) is 0 Å². The highest BCUT2D eigenvalue weighted by atomic mass is 79.9. The quantitative estimate of drug-likeness (QED) is 0.801. The van der Waals surface area contributed by atoms with Crippen LogP contribution in [0.4, 0.5) is 0 Å². The zero-order valence-corrected chi connectivity index (χ0v) is 13.4. The molecule has 0 aliphatic heterocycles. The predicted octanol–water partition coefficient (Wildman–Crippen LogP) is 5.06. The number of aliphatic hydroxyl groups is 1. The molecule has 0 aromatic heterocycles. The number of aryl methyl sites for hydroxylation is 2. The van der Waals surface area contributed by atoms with Crippen LogP contribution in [0.15, 0.2) is 40.9 Å². The summed E-state index contributed by atoms with van der Waals surface area (Å²) >= 11 is 9.68. The van der Waals surface area contributed by atoms with Crippen molar-refractivity contribution in [2.75, 3.05) is 0 Å². The Kier molecular flexibility index (Phi) is 4.16. The molecule has 3 heteroatoms. The van der Waals surface area contributed by atoms with E-state index in [1.54, 1.807) is 0 Å². The topological polar surface area (TPSA) is 20.2 Å². The van der Waals surface area contributed by atoms with E-state index >= 15 is 0 Å². The second kappa shape index (κ2) is 5.88. The second-order valence-corrected chi connectivity index (χ2v) is 6.51. The molecule has 0 amide bonds. The van der Waals surface area contributed by atoms with Crippen LogP contribution in [0.2, 0.25) is 5.02 Å². The molecule has 0 saturated heterocycles. The Bertz CT molecular complexity index is 639. The van der Waals surface area contributed by atoms with Crippen molar-refractivity contribution in [3.63, 3.8) is 0 Å². The maximum atomic E-state index is 10.6. The number of hydrogen-bond donors (Lipinski definition) is 1. The van der Waals surface area contributed by atoms with Gasteiger partial charge >= 0.3 is 0 Å². The van der Waals surface area contributed by atoms with Crippen molar-refractivity contribution < 1.29 is 5.11 Å². The Morgan fingerprint density at radius 2 is 1.80 bits per heavy atom. The Hall–Kier alpha value is -0.830. The van der Waals surface area contributed by atoms with Gasteiger partial charge < -0.3 is 5.11 Å². The summed E-state index contributed by atoms with van der Waals surface area (Å²) in [4.78, 5) is 0. The fourth-order valence-electron chi connectivity index (χ4n) is 2.83. The zero-order chi connectivity index (χ0) is 14.1. The van der Waals surface area contributed by atoms with Crippen LogP contribution in [-0.2, 0) is 12.8 Å². The molecule has 1 N–H and O–H groups in total. The highest BCUT2D eigenvalue weighted by Crippen LogP contribution is 2.34. The lowest BCUT2D eigenvalue weighted by molar-refractivity contribution is 0.220. The third-order valence-corrected chi connectivity index (χ3v) is 5.28.